The van der Waals surface area contributed by atoms with Crippen LogP contribution in [0.3, 0.4) is 0 Å². The molecule has 0 aliphatic rings. The third kappa shape index (κ3) is 3.71. The second kappa shape index (κ2) is 6.41. The summed E-state index contributed by atoms with van der Waals surface area (Å²) in [6.45, 7) is 9.75. The average Bonchev–Trinajstić information content (AvgIpc) is 2.49. The number of rotatable bonds is 6. The maximum atomic E-state index is 6.27. The highest BCUT2D eigenvalue weighted by Gasteiger charge is 2.18. The van der Waals surface area contributed by atoms with Crippen molar-refractivity contribution in [3.05, 3.63) is 16.4 Å². The van der Waals surface area contributed by atoms with Crippen molar-refractivity contribution in [2.75, 3.05) is 6.54 Å². The SMILES string of the molecule is CCCNC(Cc1c(C)nn(C)c1Cl)C(C)C. The van der Waals surface area contributed by atoms with Crippen molar-refractivity contribution in [2.24, 2.45) is 13.0 Å². The van der Waals surface area contributed by atoms with Crippen LogP contribution in [0.1, 0.15) is 38.4 Å². The van der Waals surface area contributed by atoms with Crippen LogP contribution >= 0.6 is 11.6 Å². The lowest BCUT2D eigenvalue weighted by Crippen LogP contribution is -2.36. The van der Waals surface area contributed by atoms with Gasteiger partial charge in [-0.15, -0.1) is 0 Å². The first kappa shape index (κ1) is 14.5. The highest BCUT2D eigenvalue weighted by Crippen LogP contribution is 2.22. The minimum atomic E-state index is 0.468. The Morgan fingerprint density at radius 2 is 2.06 bits per heavy atom. The Morgan fingerprint density at radius 1 is 1.41 bits per heavy atom. The van der Waals surface area contributed by atoms with Crippen LogP contribution in [-0.4, -0.2) is 22.4 Å². The summed E-state index contributed by atoms with van der Waals surface area (Å²) < 4.78 is 1.75. The highest BCUT2D eigenvalue weighted by molar-refractivity contribution is 6.30. The summed E-state index contributed by atoms with van der Waals surface area (Å²) in [7, 11) is 1.89. The van der Waals surface area contributed by atoms with E-state index < -0.39 is 0 Å². The molecular formula is C13H24ClN3. The number of aryl methyl sites for hydroxylation is 2. The second-order valence-electron chi connectivity index (χ2n) is 4.99. The van der Waals surface area contributed by atoms with Gasteiger partial charge in [0.25, 0.3) is 0 Å². The third-order valence-corrected chi connectivity index (χ3v) is 3.63. The lowest BCUT2D eigenvalue weighted by Gasteiger charge is -2.22. The van der Waals surface area contributed by atoms with Crippen molar-refractivity contribution in [1.82, 2.24) is 15.1 Å². The van der Waals surface area contributed by atoms with Crippen LogP contribution in [0.25, 0.3) is 0 Å². The fourth-order valence-corrected chi connectivity index (χ4v) is 2.25. The zero-order chi connectivity index (χ0) is 13.0. The van der Waals surface area contributed by atoms with Crippen LogP contribution in [0.5, 0.6) is 0 Å². The summed E-state index contributed by atoms with van der Waals surface area (Å²) in [5, 5.41) is 8.72. The van der Waals surface area contributed by atoms with Gasteiger partial charge in [0.15, 0.2) is 0 Å². The molecule has 4 heteroatoms. The largest absolute Gasteiger partial charge is 0.313 e. The Morgan fingerprint density at radius 3 is 2.47 bits per heavy atom. The highest BCUT2D eigenvalue weighted by atomic mass is 35.5. The summed E-state index contributed by atoms with van der Waals surface area (Å²) >= 11 is 6.27. The van der Waals surface area contributed by atoms with E-state index in [0.717, 1.165) is 30.2 Å². The number of nitrogens with zero attached hydrogens (tertiary/aromatic N) is 2. The number of nitrogens with one attached hydrogen (secondary N) is 1. The molecule has 0 saturated heterocycles. The number of aromatic nitrogens is 2. The Kier molecular flexibility index (Phi) is 5.47. The van der Waals surface area contributed by atoms with E-state index in [-0.39, 0.29) is 0 Å². The van der Waals surface area contributed by atoms with Gasteiger partial charge in [0, 0.05) is 18.7 Å². The van der Waals surface area contributed by atoms with E-state index in [1.807, 2.05) is 14.0 Å². The van der Waals surface area contributed by atoms with Crippen LogP contribution in [-0.2, 0) is 13.5 Å². The Bertz CT molecular complexity index is 358. The van der Waals surface area contributed by atoms with Crippen molar-refractivity contribution in [1.29, 1.82) is 0 Å². The van der Waals surface area contributed by atoms with Crippen molar-refractivity contribution in [2.45, 2.75) is 46.6 Å². The van der Waals surface area contributed by atoms with Gasteiger partial charge < -0.3 is 5.32 Å². The quantitative estimate of drug-likeness (QED) is 0.849. The molecule has 1 unspecified atom stereocenters. The summed E-state index contributed by atoms with van der Waals surface area (Å²) in [4.78, 5) is 0. The Labute approximate surface area is 110 Å². The standard InChI is InChI=1S/C13H24ClN3/c1-6-7-15-12(9(2)3)8-11-10(4)16-17(5)13(11)14/h9,12,15H,6-8H2,1-5H3. The molecule has 0 amide bonds. The summed E-state index contributed by atoms with van der Waals surface area (Å²) in [5.74, 6) is 0.595. The first-order chi connectivity index (χ1) is 7.97. The van der Waals surface area contributed by atoms with E-state index in [1.54, 1.807) is 4.68 Å². The summed E-state index contributed by atoms with van der Waals surface area (Å²) in [6.07, 6.45) is 2.11. The smallest absolute Gasteiger partial charge is 0.130 e. The Balaban J connectivity index is 2.78. The molecule has 0 aliphatic carbocycles. The molecule has 0 bridgehead atoms. The normalized spacial score (nSPS) is 13.4. The van der Waals surface area contributed by atoms with Crippen LogP contribution in [0, 0.1) is 12.8 Å². The third-order valence-electron chi connectivity index (χ3n) is 3.16. The second-order valence-corrected chi connectivity index (χ2v) is 5.35. The summed E-state index contributed by atoms with van der Waals surface area (Å²) in [6, 6.07) is 0.468. The van der Waals surface area contributed by atoms with E-state index >= 15 is 0 Å². The molecule has 0 spiro atoms. The van der Waals surface area contributed by atoms with Gasteiger partial charge in [-0.2, -0.15) is 5.10 Å². The molecule has 1 rings (SSSR count). The van der Waals surface area contributed by atoms with Crippen molar-refractivity contribution in [3.8, 4) is 0 Å². The molecule has 0 radical (unpaired) electrons. The molecule has 0 aliphatic heterocycles. The van der Waals surface area contributed by atoms with E-state index in [4.69, 9.17) is 11.6 Å². The van der Waals surface area contributed by atoms with Gasteiger partial charge in [-0.3, -0.25) is 4.68 Å². The average molecular weight is 258 g/mol. The van der Waals surface area contributed by atoms with Gasteiger partial charge in [0.05, 0.1) is 5.69 Å². The first-order valence-electron chi connectivity index (χ1n) is 6.38. The van der Waals surface area contributed by atoms with Crippen molar-refractivity contribution in [3.63, 3.8) is 0 Å². The van der Waals surface area contributed by atoms with E-state index in [1.165, 1.54) is 5.56 Å². The van der Waals surface area contributed by atoms with E-state index in [2.05, 4.69) is 31.2 Å². The zero-order valence-electron chi connectivity index (χ0n) is 11.5. The zero-order valence-corrected chi connectivity index (χ0v) is 12.3. The molecule has 1 N–H and O–H groups in total. The molecule has 1 aromatic rings. The molecule has 0 fully saturated rings. The topological polar surface area (TPSA) is 29.9 Å². The van der Waals surface area contributed by atoms with Gasteiger partial charge in [0.2, 0.25) is 0 Å². The molecule has 1 heterocycles. The molecular weight excluding hydrogens is 234 g/mol. The minimum Gasteiger partial charge on any atom is -0.313 e. The molecule has 0 aromatic carbocycles. The number of hydrogen-bond donors (Lipinski definition) is 1. The van der Waals surface area contributed by atoms with Crippen LogP contribution in [0.4, 0.5) is 0 Å². The van der Waals surface area contributed by atoms with E-state index in [9.17, 15) is 0 Å². The summed E-state index contributed by atoms with van der Waals surface area (Å²) in [5.41, 5.74) is 2.22. The van der Waals surface area contributed by atoms with Gasteiger partial charge in [0.1, 0.15) is 5.15 Å². The number of halogens is 1. The molecule has 3 nitrogen and oxygen atoms in total. The molecule has 1 atom stereocenters. The minimum absolute atomic E-state index is 0.468. The lowest BCUT2D eigenvalue weighted by atomic mass is 9.96. The monoisotopic (exact) mass is 257 g/mol. The van der Waals surface area contributed by atoms with Crippen LogP contribution in [0.2, 0.25) is 5.15 Å². The predicted molar refractivity (Wildman–Crippen MR) is 73.6 cm³/mol. The van der Waals surface area contributed by atoms with Crippen LogP contribution in [0.15, 0.2) is 0 Å². The van der Waals surface area contributed by atoms with Crippen molar-refractivity contribution >= 4 is 11.6 Å². The maximum Gasteiger partial charge on any atom is 0.130 e. The number of hydrogen-bond acceptors (Lipinski definition) is 2. The van der Waals surface area contributed by atoms with Gasteiger partial charge >= 0.3 is 0 Å². The Hall–Kier alpha value is -0.540. The lowest BCUT2D eigenvalue weighted by molar-refractivity contribution is 0.397. The molecule has 98 valence electrons. The molecule has 0 saturated carbocycles. The fraction of sp³-hybridized carbons (Fsp3) is 0.769. The van der Waals surface area contributed by atoms with Crippen molar-refractivity contribution < 1.29 is 0 Å². The fourth-order valence-electron chi connectivity index (χ4n) is 2.00. The molecule has 17 heavy (non-hydrogen) atoms. The van der Waals surface area contributed by atoms with E-state index in [0.29, 0.717) is 12.0 Å². The van der Waals surface area contributed by atoms with Gasteiger partial charge in [-0.1, -0.05) is 32.4 Å². The van der Waals surface area contributed by atoms with Gasteiger partial charge in [-0.05, 0) is 32.2 Å². The predicted octanol–water partition coefficient (Wildman–Crippen LogP) is 2.95. The van der Waals surface area contributed by atoms with Gasteiger partial charge in [-0.25, -0.2) is 0 Å². The molecule has 1 aromatic heterocycles. The van der Waals surface area contributed by atoms with Crippen LogP contribution < -0.4 is 5.32 Å². The first-order valence-corrected chi connectivity index (χ1v) is 6.76. The maximum absolute atomic E-state index is 6.27.